The Morgan fingerprint density at radius 3 is 2.28 bits per heavy atom. The third-order valence-electron chi connectivity index (χ3n) is 5.74. The number of benzene rings is 2. The van der Waals surface area contributed by atoms with Crippen LogP contribution in [0, 0.1) is 6.92 Å². The first-order valence-corrected chi connectivity index (χ1v) is 14.3. The normalized spacial score (nSPS) is 12.6. The van der Waals surface area contributed by atoms with Crippen molar-refractivity contribution in [1.82, 2.24) is 10.2 Å². The van der Waals surface area contributed by atoms with Gasteiger partial charge in [-0.15, -0.1) is 0 Å². The number of aryl methyl sites for hydroxylation is 1. The van der Waals surface area contributed by atoms with Crippen molar-refractivity contribution >= 4 is 39.1 Å². The molecule has 0 aromatic heterocycles. The highest BCUT2D eigenvalue weighted by atomic mass is 35.5. The van der Waals surface area contributed by atoms with E-state index in [4.69, 9.17) is 11.6 Å². The van der Waals surface area contributed by atoms with Crippen molar-refractivity contribution in [2.45, 2.75) is 65.5 Å². The minimum atomic E-state index is -3.59. The Bertz CT molecular complexity index is 1150. The van der Waals surface area contributed by atoms with Crippen LogP contribution in [0.5, 0.6) is 0 Å². The Morgan fingerprint density at radius 2 is 1.69 bits per heavy atom. The summed E-state index contributed by atoms with van der Waals surface area (Å²) < 4.78 is 26.3. The molecule has 0 aliphatic rings. The number of hydrogen-bond donors (Lipinski definition) is 1. The molecule has 0 radical (unpaired) electrons. The minimum Gasteiger partial charge on any atom is -0.350 e. The molecule has 0 saturated carbocycles. The maximum atomic E-state index is 13.3. The summed E-state index contributed by atoms with van der Waals surface area (Å²) >= 11 is 6.11. The first-order chi connectivity index (χ1) is 16.7. The number of nitrogens with one attached hydrogen (secondary N) is 1. The van der Waals surface area contributed by atoms with E-state index >= 15 is 0 Å². The number of sulfonamides is 1. The van der Waals surface area contributed by atoms with Gasteiger partial charge in [-0.25, -0.2) is 8.42 Å². The average molecular weight is 536 g/mol. The lowest BCUT2D eigenvalue weighted by molar-refractivity contribution is -0.140. The van der Waals surface area contributed by atoms with Crippen LogP contribution in [-0.2, 0) is 26.0 Å². The van der Waals surface area contributed by atoms with Crippen LogP contribution in [-0.4, -0.2) is 56.1 Å². The van der Waals surface area contributed by atoms with E-state index in [9.17, 15) is 18.0 Å². The Balaban J connectivity index is 2.16. The van der Waals surface area contributed by atoms with Crippen LogP contribution in [0.1, 0.15) is 51.7 Å². The van der Waals surface area contributed by atoms with Crippen LogP contribution in [0.2, 0.25) is 5.02 Å². The van der Waals surface area contributed by atoms with Crippen molar-refractivity contribution in [3.05, 3.63) is 64.7 Å². The molecule has 0 fully saturated rings. The molecule has 36 heavy (non-hydrogen) atoms. The van der Waals surface area contributed by atoms with E-state index in [2.05, 4.69) is 5.32 Å². The minimum absolute atomic E-state index is 0.105. The van der Waals surface area contributed by atoms with Crippen molar-refractivity contribution in [3.63, 3.8) is 0 Å². The summed E-state index contributed by atoms with van der Waals surface area (Å²) in [6.07, 6.45) is 2.15. The average Bonchev–Trinajstić information content (AvgIpc) is 2.77. The molecule has 0 aliphatic heterocycles. The van der Waals surface area contributed by atoms with E-state index in [0.29, 0.717) is 30.1 Å². The second kappa shape index (κ2) is 12.6. The van der Waals surface area contributed by atoms with Gasteiger partial charge in [-0.05, 0) is 70.7 Å². The van der Waals surface area contributed by atoms with Crippen molar-refractivity contribution in [3.8, 4) is 0 Å². The third kappa shape index (κ3) is 9.13. The van der Waals surface area contributed by atoms with Gasteiger partial charge in [-0.2, -0.15) is 0 Å². The molecular formula is C27H38ClN3O4S. The van der Waals surface area contributed by atoms with Gasteiger partial charge in [0.1, 0.15) is 6.04 Å². The Morgan fingerprint density at radius 1 is 1.06 bits per heavy atom. The smallest absolute Gasteiger partial charge is 0.242 e. The molecular weight excluding hydrogens is 498 g/mol. The zero-order chi connectivity index (χ0) is 27.1. The molecule has 0 bridgehead atoms. The van der Waals surface area contributed by atoms with Crippen LogP contribution in [0.4, 0.5) is 5.69 Å². The predicted octanol–water partition coefficient (Wildman–Crippen LogP) is 4.57. The van der Waals surface area contributed by atoms with Crippen LogP contribution < -0.4 is 9.62 Å². The summed E-state index contributed by atoms with van der Waals surface area (Å²) in [7, 11) is -3.59. The maximum absolute atomic E-state index is 13.3. The van der Waals surface area contributed by atoms with Gasteiger partial charge in [-0.1, -0.05) is 48.0 Å². The summed E-state index contributed by atoms with van der Waals surface area (Å²) in [6, 6.07) is 14.2. The zero-order valence-electron chi connectivity index (χ0n) is 22.0. The van der Waals surface area contributed by atoms with Gasteiger partial charge in [0.2, 0.25) is 21.8 Å². The van der Waals surface area contributed by atoms with Gasteiger partial charge in [0, 0.05) is 30.1 Å². The summed E-state index contributed by atoms with van der Waals surface area (Å²) in [5.41, 5.74) is 1.91. The molecule has 1 atom stereocenters. The first kappa shape index (κ1) is 29.6. The van der Waals surface area contributed by atoms with Crippen molar-refractivity contribution in [2.75, 3.05) is 23.7 Å². The highest BCUT2D eigenvalue weighted by molar-refractivity contribution is 7.92. The number of carbonyl (C=O) groups excluding carboxylic acids is 2. The van der Waals surface area contributed by atoms with Gasteiger partial charge in [0.25, 0.3) is 0 Å². The number of anilines is 1. The van der Waals surface area contributed by atoms with Crippen LogP contribution in [0.3, 0.4) is 0 Å². The molecule has 198 valence electrons. The molecule has 9 heteroatoms. The second-order valence-corrected chi connectivity index (χ2v) is 12.5. The van der Waals surface area contributed by atoms with Gasteiger partial charge in [-0.3, -0.25) is 13.9 Å². The van der Waals surface area contributed by atoms with E-state index in [1.54, 1.807) is 30.0 Å². The van der Waals surface area contributed by atoms with Crippen molar-refractivity contribution in [2.24, 2.45) is 0 Å². The number of nitrogens with zero attached hydrogens (tertiary/aromatic N) is 2. The van der Waals surface area contributed by atoms with Gasteiger partial charge in [0.15, 0.2) is 0 Å². The quantitative estimate of drug-likeness (QED) is 0.456. The van der Waals surface area contributed by atoms with E-state index in [-0.39, 0.29) is 24.8 Å². The molecule has 2 rings (SSSR count). The van der Waals surface area contributed by atoms with Crippen molar-refractivity contribution < 1.29 is 18.0 Å². The van der Waals surface area contributed by atoms with Gasteiger partial charge >= 0.3 is 0 Å². The molecule has 2 aromatic carbocycles. The second-order valence-electron chi connectivity index (χ2n) is 10.1. The predicted molar refractivity (Wildman–Crippen MR) is 147 cm³/mol. The lowest BCUT2D eigenvalue weighted by atomic mass is 10.1. The molecule has 2 aromatic rings. The van der Waals surface area contributed by atoms with E-state index < -0.39 is 21.6 Å². The lowest BCUT2D eigenvalue weighted by Gasteiger charge is -2.32. The molecule has 0 unspecified atom stereocenters. The van der Waals surface area contributed by atoms with Crippen LogP contribution in [0.25, 0.3) is 0 Å². The SMILES string of the molecule is Cc1ccc(Cl)cc1N(CCCC(=O)N(CCc1ccccc1)[C@@H](C)C(=O)NC(C)(C)C)S(C)(=O)=O. The summed E-state index contributed by atoms with van der Waals surface area (Å²) in [5, 5.41) is 3.38. The standard InChI is InChI=1S/C27H38ClN3O4S/c1-20-14-15-23(28)19-24(20)31(36(6,34)35)17-10-13-25(32)30(18-16-22-11-8-7-9-12-22)21(2)26(33)29-27(3,4)5/h7-9,11-12,14-15,19,21H,10,13,16-18H2,1-6H3,(H,29,33)/t21-/m0/s1. The Hall–Kier alpha value is -2.58. The highest BCUT2D eigenvalue weighted by Crippen LogP contribution is 2.26. The Kier molecular flexibility index (Phi) is 10.4. The molecule has 0 spiro atoms. The number of carbonyl (C=O) groups is 2. The number of hydrogen-bond acceptors (Lipinski definition) is 4. The third-order valence-corrected chi connectivity index (χ3v) is 7.16. The molecule has 0 saturated heterocycles. The lowest BCUT2D eigenvalue weighted by Crippen LogP contribution is -2.53. The van der Waals surface area contributed by atoms with Gasteiger partial charge in [0.05, 0.1) is 11.9 Å². The molecule has 0 heterocycles. The first-order valence-electron chi connectivity index (χ1n) is 12.1. The molecule has 2 amide bonds. The van der Waals surface area contributed by atoms with E-state index in [1.165, 1.54) is 4.31 Å². The summed E-state index contributed by atoms with van der Waals surface area (Å²) in [5.74, 6) is -0.421. The summed E-state index contributed by atoms with van der Waals surface area (Å²) in [4.78, 5) is 27.8. The number of rotatable bonds is 11. The van der Waals surface area contributed by atoms with Crippen molar-refractivity contribution in [1.29, 1.82) is 0 Å². The monoisotopic (exact) mass is 535 g/mol. The molecule has 0 aliphatic carbocycles. The molecule has 7 nitrogen and oxygen atoms in total. The largest absolute Gasteiger partial charge is 0.350 e. The fourth-order valence-electron chi connectivity index (χ4n) is 3.88. The van der Waals surface area contributed by atoms with Gasteiger partial charge < -0.3 is 10.2 Å². The maximum Gasteiger partial charge on any atom is 0.242 e. The number of halogens is 1. The molecule has 1 N–H and O–H groups in total. The fraction of sp³-hybridized carbons (Fsp3) is 0.481. The van der Waals surface area contributed by atoms with Crippen LogP contribution in [0.15, 0.2) is 48.5 Å². The number of amides is 2. The highest BCUT2D eigenvalue weighted by Gasteiger charge is 2.28. The van der Waals surface area contributed by atoms with Crippen LogP contribution >= 0.6 is 11.6 Å². The Labute approximate surface area is 220 Å². The zero-order valence-corrected chi connectivity index (χ0v) is 23.6. The fourth-order valence-corrected chi connectivity index (χ4v) is 5.06. The van der Waals surface area contributed by atoms with E-state index in [0.717, 1.165) is 17.4 Å². The summed E-state index contributed by atoms with van der Waals surface area (Å²) in [6.45, 7) is 9.73. The topological polar surface area (TPSA) is 86.8 Å². The van der Waals surface area contributed by atoms with E-state index in [1.807, 2.05) is 58.0 Å².